The monoisotopic (exact) mass is 513 g/mol. The number of likely N-dealkylation sites (N-methyl/N-ethyl adjacent to an activating group) is 1. The van der Waals surface area contributed by atoms with E-state index >= 15 is 0 Å². The lowest BCUT2D eigenvalue weighted by Gasteiger charge is -2.47. The van der Waals surface area contributed by atoms with Crippen LogP contribution in [0.2, 0.25) is 0 Å². The number of fused-ring (bicyclic) bond motifs is 1. The Morgan fingerprint density at radius 1 is 0.917 bits per heavy atom. The first-order valence-electron chi connectivity index (χ1n) is 12.6. The van der Waals surface area contributed by atoms with Crippen molar-refractivity contribution < 1.29 is 17.9 Å². The van der Waals surface area contributed by atoms with Crippen molar-refractivity contribution >= 4 is 27.3 Å². The number of amides is 1. The number of nitrogens with one attached hydrogen (secondary N) is 1. The minimum atomic E-state index is -3.16. The number of sulfonamides is 1. The fourth-order valence-electron chi connectivity index (χ4n) is 5.30. The summed E-state index contributed by atoms with van der Waals surface area (Å²) in [7, 11) is -1.06. The fraction of sp³-hybridized carbons (Fsp3) is 0.500. The molecule has 0 radical (unpaired) electrons. The van der Waals surface area contributed by atoms with E-state index in [1.165, 1.54) is 10.6 Å². The summed E-state index contributed by atoms with van der Waals surface area (Å²) in [6, 6.07) is 15.7. The number of carbonyl (C=O) groups excluding carboxylic acids is 1. The summed E-state index contributed by atoms with van der Waals surface area (Å²) >= 11 is 0. The summed E-state index contributed by atoms with van der Waals surface area (Å²) in [5.41, 5.74) is 1.82. The van der Waals surface area contributed by atoms with Gasteiger partial charge in [0.2, 0.25) is 15.7 Å². The summed E-state index contributed by atoms with van der Waals surface area (Å²) in [5.74, 6) is 0.637. The van der Waals surface area contributed by atoms with Crippen molar-refractivity contribution in [1.82, 2.24) is 14.1 Å². The minimum absolute atomic E-state index is 0.143. The highest BCUT2D eigenvalue weighted by Gasteiger charge is 2.49. The maximum Gasteiger partial charge on any atom is 0.284 e. The highest BCUT2D eigenvalue weighted by Crippen LogP contribution is 2.37. The van der Waals surface area contributed by atoms with Crippen molar-refractivity contribution in [3.05, 3.63) is 54.1 Å². The van der Waals surface area contributed by atoms with Crippen LogP contribution in [-0.4, -0.2) is 99.8 Å². The van der Waals surface area contributed by atoms with Crippen LogP contribution in [-0.2, 0) is 21.2 Å². The van der Waals surface area contributed by atoms with Crippen molar-refractivity contribution in [2.24, 2.45) is 0 Å². The zero-order valence-corrected chi connectivity index (χ0v) is 21.8. The second-order valence-electron chi connectivity index (χ2n) is 9.93. The molecule has 9 nitrogen and oxygen atoms in total. The number of benzene rings is 2. The summed E-state index contributed by atoms with van der Waals surface area (Å²) in [4.78, 5) is 20.5. The number of anilines is 2. The SMILES string of the molecule is CN1CCN(C2(C(=O)Nc3ccc(N4CCN(S(C)(=O)=O)CC4)cc3)CCc3ccccc3O2)CC1. The Balaban J connectivity index is 1.30. The Morgan fingerprint density at radius 2 is 1.58 bits per heavy atom. The molecule has 3 aliphatic heterocycles. The molecule has 36 heavy (non-hydrogen) atoms. The van der Waals surface area contributed by atoms with Gasteiger partial charge in [-0.1, -0.05) is 18.2 Å². The van der Waals surface area contributed by atoms with Crippen molar-refractivity contribution in [2.45, 2.75) is 18.6 Å². The highest BCUT2D eigenvalue weighted by atomic mass is 32.2. The van der Waals surface area contributed by atoms with Crippen molar-refractivity contribution in [2.75, 3.05) is 75.9 Å². The minimum Gasteiger partial charge on any atom is -0.463 e. The maximum atomic E-state index is 13.8. The van der Waals surface area contributed by atoms with Crippen LogP contribution in [0.4, 0.5) is 11.4 Å². The molecule has 0 saturated carbocycles. The van der Waals surface area contributed by atoms with Gasteiger partial charge in [0, 0.05) is 70.2 Å². The highest BCUT2D eigenvalue weighted by molar-refractivity contribution is 7.88. The van der Waals surface area contributed by atoms with Gasteiger partial charge >= 0.3 is 0 Å². The number of nitrogens with zero attached hydrogens (tertiary/aromatic N) is 4. The molecular weight excluding hydrogens is 478 g/mol. The van der Waals surface area contributed by atoms with Crippen LogP contribution in [0.5, 0.6) is 5.75 Å². The molecule has 5 rings (SSSR count). The Bertz CT molecular complexity index is 1190. The molecule has 1 atom stereocenters. The molecule has 3 aliphatic rings. The smallest absolute Gasteiger partial charge is 0.284 e. The van der Waals surface area contributed by atoms with E-state index in [1.54, 1.807) is 0 Å². The molecule has 0 spiro atoms. The largest absolute Gasteiger partial charge is 0.463 e. The van der Waals surface area contributed by atoms with Crippen LogP contribution < -0.4 is 15.0 Å². The third-order valence-electron chi connectivity index (χ3n) is 7.55. The van der Waals surface area contributed by atoms with E-state index in [0.29, 0.717) is 32.6 Å². The summed E-state index contributed by atoms with van der Waals surface area (Å²) in [6.45, 7) is 5.54. The van der Waals surface area contributed by atoms with Crippen LogP contribution in [0.1, 0.15) is 12.0 Å². The van der Waals surface area contributed by atoms with Crippen LogP contribution in [0.3, 0.4) is 0 Å². The predicted molar refractivity (Wildman–Crippen MR) is 141 cm³/mol. The first-order chi connectivity index (χ1) is 17.2. The van der Waals surface area contributed by atoms with Gasteiger partial charge in [-0.3, -0.25) is 9.69 Å². The number of hydrogen-bond donors (Lipinski definition) is 1. The molecule has 1 unspecified atom stereocenters. The second kappa shape index (κ2) is 10.0. The summed E-state index contributed by atoms with van der Waals surface area (Å²) in [6.07, 6.45) is 2.64. The molecule has 10 heteroatoms. The van der Waals surface area contributed by atoms with Crippen LogP contribution in [0.25, 0.3) is 0 Å². The van der Waals surface area contributed by atoms with Gasteiger partial charge in [0.25, 0.3) is 5.91 Å². The standard InChI is InChI=1S/C26H35N5O4S/c1-28-13-17-30(18-14-28)26(12-11-21-5-3-4-6-24(21)35-26)25(32)27-22-7-9-23(10-8-22)29-15-19-31(20-16-29)36(2,33)34/h3-10H,11-20H2,1-2H3,(H,27,32). The molecule has 0 aromatic heterocycles. The van der Waals surface area contributed by atoms with Crippen molar-refractivity contribution in [3.8, 4) is 5.75 Å². The van der Waals surface area contributed by atoms with Gasteiger partial charge in [0.1, 0.15) is 5.75 Å². The van der Waals surface area contributed by atoms with E-state index in [4.69, 9.17) is 4.74 Å². The summed E-state index contributed by atoms with van der Waals surface area (Å²) in [5, 5.41) is 3.12. The number of hydrogen-bond acceptors (Lipinski definition) is 7. The number of carbonyl (C=O) groups is 1. The summed E-state index contributed by atoms with van der Waals surface area (Å²) < 4.78 is 31.6. The Kier molecular flexibility index (Phi) is 6.95. The third kappa shape index (κ3) is 5.08. The van der Waals surface area contributed by atoms with Gasteiger partial charge in [-0.25, -0.2) is 8.42 Å². The number of para-hydroxylation sites is 1. The average molecular weight is 514 g/mol. The van der Waals surface area contributed by atoms with Gasteiger partial charge in [0.05, 0.1) is 6.26 Å². The van der Waals surface area contributed by atoms with E-state index in [2.05, 4.69) is 33.1 Å². The lowest BCUT2D eigenvalue weighted by molar-refractivity contribution is -0.158. The Hall–Kier alpha value is -2.66. The fourth-order valence-corrected chi connectivity index (χ4v) is 6.13. The zero-order chi connectivity index (χ0) is 25.3. The van der Waals surface area contributed by atoms with Crippen LogP contribution in [0, 0.1) is 0 Å². The van der Waals surface area contributed by atoms with E-state index in [0.717, 1.165) is 55.3 Å². The average Bonchev–Trinajstić information content (AvgIpc) is 2.89. The first kappa shape index (κ1) is 25.0. The molecule has 3 heterocycles. The number of ether oxygens (including phenoxy) is 1. The molecule has 2 saturated heterocycles. The van der Waals surface area contributed by atoms with E-state index in [9.17, 15) is 13.2 Å². The van der Waals surface area contributed by atoms with E-state index < -0.39 is 15.7 Å². The molecular formula is C26H35N5O4S. The molecule has 194 valence electrons. The van der Waals surface area contributed by atoms with E-state index in [1.807, 2.05) is 42.5 Å². The van der Waals surface area contributed by atoms with Crippen molar-refractivity contribution in [1.29, 1.82) is 0 Å². The third-order valence-corrected chi connectivity index (χ3v) is 8.85. The normalized spacial score (nSPS) is 24.1. The molecule has 0 aliphatic carbocycles. The topological polar surface area (TPSA) is 85.4 Å². The van der Waals surface area contributed by atoms with Gasteiger partial charge in [-0.05, 0) is 49.4 Å². The second-order valence-corrected chi connectivity index (χ2v) is 11.9. The maximum absolute atomic E-state index is 13.8. The molecule has 0 bridgehead atoms. The molecule has 1 amide bonds. The quantitative estimate of drug-likeness (QED) is 0.651. The van der Waals surface area contributed by atoms with Gasteiger partial charge in [-0.15, -0.1) is 0 Å². The lowest BCUT2D eigenvalue weighted by Crippen LogP contribution is -2.66. The van der Waals surface area contributed by atoms with Gasteiger partial charge in [0.15, 0.2) is 0 Å². The molecule has 2 fully saturated rings. The van der Waals surface area contributed by atoms with Crippen LogP contribution in [0.15, 0.2) is 48.5 Å². The van der Waals surface area contributed by atoms with E-state index in [-0.39, 0.29) is 5.91 Å². The lowest BCUT2D eigenvalue weighted by atomic mass is 9.94. The number of piperazine rings is 2. The molecule has 2 aromatic rings. The Labute approximate surface area is 213 Å². The predicted octanol–water partition coefficient (Wildman–Crippen LogP) is 1.68. The zero-order valence-electron chi connectivity index (χ0n) is 21.0. The van der Waals surface area contributed by atoms with Crippen molar-refractivity contribution in [3.63, 3.8) is 0 Å². The first-order valence-corrected chi connectivity index (χ1v) is 14.4. The number of rotatable bonds is 5. The molecule has 1 N–H and O–H groups in total. The van der Waals surface area contributed by atoms with Crippen LogP contribution >= 0.6 is 0 Å². The molecule has 2 aromatic carbocycles. The van der Waals surface area contributed by atoms with Gasteiger partial charge < -0.3 is 19.9 Å². The number of aryl methyl sites for hydroxylation is 1. The van der Waals surface area contributed by atoms with Gasteiger partial charge in [-0.2, -0.15) is 4.31 Å². The Morgan fingerprint density at radius 3 is 2.25 bits per heavy atom.